The summed E-state index contributed by atoms with van der Waals surface area (Å²) in [4.78, 5) is 0. The van der Waals surface area contributed by atoms with Crippen molar-refractivity contribution in [2.75, 3.05) is 6.54 Å². The fourth-order valence-corrected chi connectivity index (χ4v) is 2.58. The molecule has 1 aromatic rings. The van der Waals surface area contributed by atoms with E-state index in [4.69, 9.17) is 0 Å². The summed E-state index contributed by atoms with van der Waals surface area (Å²) < 4.78 is 1.19. The number of hydrogen-bond acceptors (Lipinski definition) is 1. The van der Waals surface area contributed by atoms with Gasteiger partial charge in [-0.1, -0.05) is 28.9 Å². The van der Waals surface area contributed by atoms with Gasteiger partial charge in [0.2, 0.25) is 0 Å². The summed E-state index contributed by atoms with van der Waals surface area (Å²) in [5.41, 5.74) is 2.96. The third kappa shape index (κ3) is 2.01. The van der Waals surface area contributed by atoms with Crippen LogP contribution in [0, 0.1) is 0 Å². The topological polar surface area (TPSA) is 12.0 Å². The van der Waals surface area contributed by atoms with Crippen molar-refractivity contribution in [2.45, 2.75) is 32.2 Å². The van der Waals surface area contributed by atoms with E-state index in [1.807, 2.05) is 0 Å². The minimum absolute atomic E-state index is 0.595. The van der Waals surface area contributed by atoms with E-state index in [0.717, 1.165) is 6.42 Å². The maximum atomic E-state index is 3.55. The van der Waals surface area contributed by atoms with Crippen LogP contribution in [0.1, 0.15) is 36.9 Å². The monoisotopic (exact) mass is 253 g/mol. The highest BCUT2D eigenvalue weighted by atomic mass is 79.9. The molecule has 0 saturated carbocycles. The molecule has 2 heteroatoms. The van der Waals surface area contributed by atoms with Crippen LogP contribution in [-0.4, -0.2) is 6.54 Å². The van der Waals surface area contributed by atoms with Crippen LogP contribution in [-0.2, 0) is 6.42 Å². The first kappa shape index (κ1) is 10.2. The molecule has 2 rings (SSSR count). The van der Waals surface area contributed by atoms with Gasteiger partial charge in [0, 0.05) is 10.5 Å². The molecule has 0 spiro atoms. The van der Waals surface area contributed by atoms with E-state index in [1.165, 1.54) is 35.0 Å². The first-order valence-corrected chi connectivity index (χ1v) is 6.12. The Kier molecular flexibility index (Phi) is 3.24. The lowest BCUT2D eigenvalue weighted by atomic mass is 9.98. The van der Waals surface area contributed by atoms with Crippen molar-refractivity contribution in [1.82, 2.24) is 5.32 Å². The largest absolute Gasteiger partial charge is 0.310 e. The van der Waals surface area contributed by atoms with Gasteiger partial charge in [-0.3, -0.25) is 0 Å². The fourth-order valence-electron chi connectivity index (χ4n) is 2.17. The molecule has 1 aromatic carbocycles. The van der Waals surface area contributed by atoms with E-state index in [0.29, 0.717) is 6.04 Å². The molecule has 1 nitrogen and oxygen atoms in total. The smallest absolute Gasteiger partial charge is 0.0323 e. The van der Waals surface area contributed by atoms with Crippen molar-refractivity contribution in [3.63, 3.8) is 0 Å². The molecule has 1 fully saturated rings. The van der Waals surface area contributed by atoms with Gasteiger partial charge in [0.25, 0.3) is 0 Å². The molecule has 1 N–H and O–H groups in total. The second-order valence-electron chi connectivity index (χ2n) is 3.85. The standard InChI is InChI=1S/C12H16BrN/c1-2-9-8-10(13)5-6-11(9)12-4-3-7-14-12/h5-6,8,12,14H,2-4,7H2,1H3. The number of halogens is 1. The normalized spacial score (nSPS) is 21.4. The van der Waals surface area contributed by atoms with Gasteiger partial charge in [-0.05, 0) is 49.1 Å². The highest BCUT2D eigenvalue weighted by Gasteiger charge is 2.18. The molecule has 14 heavy (non-hydrogen) atoms. The van der Waals surface area contributed by atoms with Gasteiger partial charge >= 0.3 is 0 Å². The van der Waals surface area contributed by atoms with E-state index in [2.05, 4.69) is 46.4 Å². The zero-order valence-electron chi connectivity index (χ0n) is 8.52. The SMILES string of the molecule is CCc1cc(Br)ccc1C1CCCN1. The van der Waals surface area contributed by atoms with Crippen molar-refractivity contribution >= 4 is 15.9 Å². The Bertz CT molecular complexity index is 316. The van der Waals surface area contributed by atoms with Gasteiger partial charge in [-0.25, -0.2) is 0 Å². The zero-order chi connectivity index (χ0) is 9.97. The lowest BCUT2D eigenvalue weighted by Gasteiger charge is -2.15. The molecule has 1 aliphatic rings. The third-order valence-corrected chi connectivity index (χ3v) is 3.41. The first-order valence-electron chi connectivity index (χ1n) is 5.33. The summed E-state index contributed by atoms with van der Waals surface area (Å²) in [5, 5.41) is 3.55. The fraction of sp³-hybridized carbons (Fsp3) is 0.500. The van der Waals surface area contributed by atoms with Crippen LogP contribution < -0.4 is 5.32 Å². The van der Waals surface area contributed by atoms with Gasteiger partial charge in [0.1, 0.15) is 0 Å². The summed E-state index contributed by atoms with van der Waals surface area (Å²) in [6.07, 6.45) is 3.71. The summed E-state index contributed by atoms with van der Waals surface area (Å²) in [5.74, 6) is 0. The second kappa shape index (κ2) is 4.45. The Morgan fingerprint density at radius 1 is 1.50 bits per heavy atom. The Hall–Kier alpha value is -0.340. The molecule has 1 heterocycles. The van der Waals surface area contributed by atoms with Gasteiger partial charge in [0.15, 0.2) is 0 Å². The Balaban J connectivity index is 2.31. The molecule has 0 radical (unpaired) electrons. The van der Waals surface area contributed by atoms with E-state index in [1.54, 1.807) is 0 Å². The van der Waals surface area contributed by atoms with Gasteiger partial charge in [0.05, 0.1) is 0 Å². The number of benzene rings is 1. The number of hydrogen-bond donors (Lipinski definition) is 1. The lowest BCUT2D eigenvalue weighted by Crippen LogP contribution is -2.14. The zero-order valence-corrected chi connectivity index (χ0v) is 10.1. The van der Waals surface area contributed by atoms with E-state index >= 15 is 0 Å². The van der Waals surface area contributed by atoms with E-state index in [9.17, 15) is 0 Å². The van der Waals surface area contributed by atoms with Gasteiger partial charge < -0.3 is 5.32 Å². The molecule has 76 valence electrons. The molecule has 1 atom stereocenters. The van der Waals surface area contributed by atoms with Gasteiger partial charge in [-0.15, -0.1) is 0 Å². The minimum atomic E-state index is 0.595. The van der Waals surface area contributed by atoms with Crippen molar-refractivity contribution in [3.05, 3.63) is 33.8 Å². The molecule has 0 aliphatic carbocycles. The quantitative estimate of drug-likeness (QED) is 0.852. The maximum Gasteiger partial charge on any atom is 0.0323 e. The molecule has 1 saturated heterocycles. The molecule has 0 bridgehead atoms. The van der Waals surface area contributed by atoms with Gasteiger partial charge in [-0.2, -0.15) is 0 Å². The molecular formula is C12H16BrN. The Labute approximate surface area is 94.0 Å². The van der Waals surface area contributed by atoms with Crippen LogP contribution >= 0.6 is 15.9 Å². The van der Waals surface area contributed by atoms with Crippen LogP contribution in [0.3, 0.4) is 0 Å². The molecule has 1 aliphatic heterocycles. The van der Waals surface area contributed by atoms with E-state index < -0.39 is 0 Å². The predicted octanol–water partition coefficient (Wildman–Crippen LogP) is 3.44. The van der Waals surface area contributed by atoms with Crippen LogP contribution in [0.4, 0.5) is 0 Å². The summed E-state index contributed by atoms with van der Waals surface area (Å²) >= 11 is 3.53. The molecule has 1 unspecified atom stereocenters. The maximum absolute atomic E-state index is 3.55. The van der Waals surface area contributed by atoms with Crippen LogP contribution in [0.2, 0.25) is 0 Å². The molecular weight excluding hydrogens is 238 g/mol. The van der Waals surface area contributed by atoms with Crippen molar-refractivity contribution in [3.8, 4) is 0 Å². The average Bonchev–Trinajstić information content (AvgIpc) is 2.70. The van der Waals surface area contributed by atoms with Crippen LogP contribution in [0.25, 0.3) is 0 Å². The summed E-state index contributed by atoms with van der Waals surface area (Å²) in [6, 6.07) is 7.24. The second-order valence-corrected chi connectivity index (χ2v) is 4.76. The van der Waals surface area contributed by atoms with E-state index in [-0.39, 0.29) is 0 Å². The third-order valence-electron chi connectivity index (χ3n) is 2.92. The predicted molar refractivity (Wildman–Crippen MR) is 63.5 cm³/mol. The molecule has 0 amide bonds. The Morgan fingerprint density at radius 2 is 2.36 bits per heavy atom. The highest BCUT2D eigenvalue weighted by molar-refractivity contribution is 9.10. The average molecular weight is 254 g/mol. The number of rotatable bonds is 2. The van der Waals surface area contributed by atoms with Crippen molar-refractivity contribution < 1.29 is 0 Å². The lowest BCUT2D eigenvalue weighted by molar-refractivity contribution is 0.640. The summed E-state index contributed by atoms with van der Waals surface area (Å²) in [7, 11) is 0. The molecule has 0 aromatic heterocycles. The number of nitrogens with one attached hydrogen (secondary N) is 1. The van der Waals surface area contributed by atoms with Crippen molar-refractivity contribution in [2.24, 2.45) is 0 Å². The summed E-state index contributed by atoms with van der Waals surface area (Å²) in [6.45, 7) is 3.39. The number of aryl methyl sites for hydroxylation is 1. The van der Waals surface area contributed by atoms with Crippen LogP contribution in [0.15, 0.2) is 22.7 Å². The highest BCUT2D eigenvalue weighted by Crippen LogP contribution is 2.28. The van der Waals surface area contributed by atoms with Crippen molar-refractivity contribution in [1.29, 1.82) is 0 Å². The minimum Gasteiger partial charge on any atom is -0.310 e. The Morgan fingerprint density at radius 3 is 3.00 bits per heavy atom. The van der Waals surface area contributed by atoms with Crippen LogP contribution in [0.5, 0.6) is 0 Å². The first-order chi connectivity index (χ1) is 6.81.